The van der Waals surface area contributed by atoms with E-state index >= 15 is 0 Å². The van der Waals surface area contributed by atoms with Crippen LogP contribution in [0, 0.1) is 0 Å². The van der Waals surface area contributed by atoms with Crippen LogP contribution in [0.1, 0.15) is 19.8 Å². The molecule has 0 fully saturated rings. The Balaban J connectivity index is 2.00. The normalized spacial score (nSPS) is 10.3. The van der Waals surface area contributed by atoms with Crippen molar-refractivity contribution in [2.45, 2.75) is 19.8 Å². The van der Waals surface area contributed by atoms with Gasteiger partial charge in [-0.15, -0.1) is 0 Å². The fourth-order valence-corrected chi connectivity index (χ4v) is 1.30. The summed E-state index contributed by atoms with van der Waals surface area (Å²) in [5, 5.41) is 3.65. The van der Waals surface area contributed by atoms with Crippen LogP contribution < -0.4 is 4.74 Å². The molecule has 2 aromatic heterocycles. The molecule has 2 rings (SSSR count). The molecule has 0 saturated heterocycles. The van der Waals surface area contributed by atoms with Crippen molar-refractivity contribution in [2.75, 3.05) is 6.61 Å². The molecule has 4 nitrogen and oxygen atoms in total. The van der Waals surface area contributed by atoms with Crippen LogP contribution in [0.2, 0.25) is 0 Å². The smallest absolute Gasteiger partial charge is 0.213 e. The highest BCUT2D eigenvalue weighted by Gasteiger charge is 2.02. The molecule has 0 amide bonds. The van der Waals surface area contributed by atoms with E-state index in [-0.39, 0.29) is 0 Å². The molecule has 0 aromatic carbocycles. The van der Waals surface area contributed by atoms with E-state index < -0.39 is 0 Å². The fourth-order valence-electron chi connectivity index (χ4n) is 1.30. The molecule has 0 aliphatic carbocycles. The number of aromatic nitrogens is 2. The van der Waals surface area contributed by atoms with Gasteiger partial charge in [0.25, 0.3) is 0 Å². The number of rotatable bonds is 5. The SMILES string of the molecule is CCCCOc1ccc(-c2ccno2)cn1. The van der Waals surface area contributed by atoms with Crippen LogP contribution in [-0.4, -0.2) is 16.7 Å². The van der Waals surface area contributed by atoms with Crippen molar-refractivity contribution in [1.29, 1.82) is 0 Å². The minimum Gasteiger partial charge on any atom is -0.478 e. The molecule has 84 valence electrons. The lowest BCUT2D eigenvalue weighted by Crippen LogP contribution is -1.97. The maximum absolute atomic E-state index is 5.46. The third-order valence-electron chi connectivity index (χ3n) is 2.21. The van der Waals surface area contributed by atoms with Crippen molar-refractivity contribution in [3.05, 3.63) is 30.6 Å². The zero-order valence-corrected chi connectivity index (χ0v) is 9.22. The van der Waals surface area contributed by atoms with Gasteiger partial charge in [-0.1, -0.05) is 18.5 Å². The predicted molar refractivity (Wildman–Crippen MR) is 60.1 cm³/mol. The highest BCUT2D eigenvalue weighted by atomic mass is 16.5. The largest absolute Gasteiger partial charge is 0.478 e. The van der Waals surface area contributed by atoms with E-state index in [4.69, 9.17) is 9.26 Å². The first-order chi connectivity index (χ1) is 7.90. The van der Waals surface area contributed by atoms with Crippen LogP contribution in [0.15, 0.2) is 35.1 Å². The Morgan fingerprint density at radius 1 is 1.31 bits per heavy atom. The number of hydrogen-bond acceptors (Lipinski definition) is 4. The van der Waals surface area contributed by atoms with Gasteiger partial charge in [0.2, 0.25) is 5.88 Å². The Bertz CT molecular complexity index is 409. The lowest BCUT2D eigenvalue weighted by Gasteiger charge is -2.03. The summed E-state index contributed by atoms with van der Waals surface area (Å²) in [4.78, 5) is 4.20. The highest BCUT2D eigenvalue weighted by Crippen LogP contribution is 2.19. The van der Waals surface area contributed by atoms with Gasteiger partial charge < -0.3 is 9.26 Å². The molecule has 0 saturated carbocycles. The zero-order chi connectivity index (χ0) is 11.2. The van der Waals surface area contributed by atoms with Gasteiger partial charge in [-0.25, -0.2) is 4.98 Å². The van der Waals surface area contributed by atoms with Crippen molar-refractivity contribution >= 4 is 0 Å². The third kappa shape index (κ3) is 2.59. The minimum atomic E-state index is 0.650. The quantitative estimate of drug-likeness (QED) is 0.724. The first kappa shape index (κ1) is 10.7. The molecule has 2 aromatic rings. The topological polar surface area (TPSA) is 48.2 Å². The Kier molecular flexibility index (Phi) is 3.53. The Morgan fingerprint density at radius 3 is 2.88 bits per heavy atom. The summed E-state index contributed by atoms with van der Waals surface area (Å²) in [7, 11) is 0. The van der Waals surface area contributed by atoms with E-state index in [1.54, 1.807) is 18.5 Å². The number of unbranched alkanes of at least 4 members (excludes halogenated alkanes) is 1. The number of pyridine rings is 1. The molecule has 0 bridgehead atoms. The van der Waals surface area contributed by atoms with Crippen LogP contribution in [-0.2, 0) is 0 Å². The summed E-state index contributed by atoms with van der Waals surface area (Å²) in [5.74, 6) is 1.37. The standard InChI is InChI=1S/C12H14N2O2/c1-2-3-8-15-12-5-4-10(9-13-12)11-6-7-14-16-11/h4-7,9H,2-3,8H2,1H3. The van der Waals surface area contributed by atoms with Gasteiger partial charge in [0.15, 0.2) is 5.76 Å². The Hall–Kier alpha value is -1.84. The van der Waals surface area contributed by atoms with Gasteiger partial charge in [0.05, 0.1) is 12.8 Å². The van der Waals surface area contributed by atoms with E-state index in [0.29, 0.717) is 18.2 Å². The van der Waals surface area contributed by atoms with Crippen LogP contribution >= 0.6 is 0 Å². The average Bonchev–Trinajstić information content (AvgIpc) is 2.84. The van der Waals surface area contributed by atoms with E-state index in [9.17, 15) is 0 Å². The maximum Gasteiger partial charge on any atom is 0.213 e. The van der Waals surface area contributed by atoms with E-state index in [1.807, 2.05) is 12.1 Å². The summed E-state index contributed by atoms with van der Waals surface area (Å²) >= 11 is 0. The first-order valence-electron chi connectivity index (χ1n) is 5.40. The molecule has 0 aliphatic heterocycles. The van der Waals surface area contributed by atoms with E-state index in [2.05, 4.69) is 17.1 Å². The molecule has 4 heteroatoms. The summed E-state index contributed by atoms with van der Waals surface area (Å²) in [5.41, 5.74) is 0.903. The van der Waals surface area contributed by atoms with E-state index in [1.165, 1.54) is 0 Å². The second-order valence-corrected chi connectivity index (χ2v) is 3.46. The summed E-state index contributed by atoms with van der Waals surface area (Å²) in [6.07, 6.45) is 5.50. The molecule has 0 N–H and O–H groups in total. The summed E-state index contributed by atoms with van der Waals surface area (Å²) < 4.78 is 10.5. The van der Waals surface area contributed by atoms with Gasteiger partial charge in [0, 0.05) is 23.9 Å². The summed E-state index contributed by atoms with van der Waals surface area (Å²) in [6, 6.07) is 5.55. The molecule has 2 heterocycles. The Labute approximate surface area is 94.2 Å². The Morgan fingerprint density at radius 2 is 2.25 bits per heavy atom. The van der Waals surface area contributed by atoms with Crippen molar-refractivity contribution in [1.82, 2.24) is 10.1 Å². The molecule has 0 unspecified atom stereocenters. The van der Waals surface area contributed by atoms with Gasteiger partial charge in [-0.2, -0.15) is 0 Å². The molecular formula is C12H14N2O2. The van der Waals surface area contributed by atoms with Crippen molar-refractivity contribution < 1.29 is 9.26 Å². The van der Waals surface area contributed by atoms with Gasteiger partial charge in [-0.05, 0) is 12.5 Å². The minimum absolute atomic E-state index is 0.650. The van der Waals surface area contributed by atoms with Crippen molar-refractivity contribution in [2.24, 2.45) is 0 Å². The molecule has 0 aliphatic rings. The van der Waals surface area contributed by atoms with Crippen molar-refractivity contribution in [3.63, 3.8) is 0 Å². The highest BCUT2D eigenvalue weighted by molar-refractivity contribution is 5.55. The van der Waals surface area contributed by atoms with E-state index in [0.717, 1.165) is 18.4 Å². The molecule has 0 radical (unpaired) electrons. The molecular weight excluding hydrogens is 204 g/mol. The monoisotopic (exact) mass is 218 g/mol. The average molecular weight is 218 g/mol. The summed E-state index contributed by atoms with van der Waals surface area (Å²) in [6.45, 7) is 2.84. The zero-order valence-electron chi connectivity index (χ0n) is 9.22. The molecule has 16 heavy (non-hydrogen) atoms. The van der Waals surface area contributed by atoms with Gasteiger partial charge >= 0.3 is 0 Å². The van der Waals surface area contributed by atoms with Crippen molar-refractivity contribution in [3.8, 4) is 17.2 Å². The van der Waals surface area contributed by atoms with Gasteiger partial charge in [0.1, 0.15) is 0 Å². The first-order valence-corrected chi connectivity index (χ1v) is 5.40. The third-order valence-corrected chi connectivity index (χ3v) is 2.21. The molecule has 0 spiro atoms. The second kappa shape index (κ2) is 5.30. The number of nitrogens with zero attached hydrogens (tertiary/aromatic N) is 2. The van der Waals surface area contributed by atoms with Gasteiger partial charge in [-0.3, -0.25) is 0 Å². The number of ether oxygens (including phenoxy) is 1. The maximum atomic E-state index is 5.46. The lowest BCUT2D eigenvalue weighted by molar-refractivity contribution is 0.298. The van der Waals surface area contributed by atoms with Crippen LogP contribution in [0.4, 0.5) is 0 Å². The number of hydrogen-bond donors (Lipinski definition) is 0. The van der Waals surface area contributed by atoms with Crippen LogP contribution in [0.25, 0.3) is 11.3 Å². The fraction of sp³-hybridized carbons (Fsp3) is 0.333. The second-order valence-electron chi connectivity index (χ2n) is 3.46. The van der Waals surface area contributed by atoms with Crippen LogP contribution in [0.3, 0.4) is 0 Å². The van der Waals surface area contributed by atoms with Crippen LogP contribution in [0.5, 0.6) is 5.88 Å². The molecule has 0 atom stereocenters. The predicted octanol–water partition coefficient (Wildman–Crippen LogP) is 2.92. The lowest BCUT2D eigenvalue weighted by atomic mass is 10.2.